The van der Waals surface area contributed by atoms with E-state index in [1.807, 2.05) is 16.8 Å². The number of hydrogen-bond acceptors (Lipinski definition) is 1. The maximum absolute atomic E-state index is 11.9. The Balaban J connectivity index is 2.22. The number of H-pyrrole nitrogens is 1. The molecular formula is C14H16N2O. The van der Waals surface area contributed by atoms with E-state index in [0.29, 0.717) is 0 Å². The first kappa shape index (κ1) is 10.4. The van der Waals surface area contributed by atoms with Crippen LogP contribution in [0.1, 0.15) is 29.7 Å². The average molecular weight is 228 g/mol. The fraction of sp³-hybridized carbons (Fsp3) is 0.357. The van der Waals surface area contributed by atoms with Crippen molar-refractivity contribution in [2.24, 2.45) is 0 Å². The molecule has 0 atom stereocenters. The van der Waals surface area contributed by atoms with Gasteiger partial charge in [0.2, 0.25) is 0 Å². The lowest BCUT2D eigenvalue weighted by Crippen LogP contribution is -2.10. The Labute approximate surface area is 100 Å². The van der Waals surface area contributed by atoms with Crippen LogP contribution in [0.5, 0.6) is 0 Å². The molecule has 0 saturated carbocycles. The van der Waals surface area contributed by atoms with Crippen molar-refractivity contribution in [3.63, 3.8) is 0 Å². The number of rotatable bonds is 1. The van der Waals surface area contributed by atoms with Crippen LogP contribution in [0.25, 0.3) is 5.69 Å². The molecule has 1 N–H and O–H groups in total. The summed E-state index contributed by atoms with van der Waals surface area (Å²) in [5.74, 6) is 0. The maximum atomic E-state index is 11.9. The standard InChI is InChI=1S/C14H16N2O/c1-10-6-2-4-8-12(10)16-13-9-5-3-7-11(13)14(17)15-16/h2,4,6,8H,3,5,7,9H2,1H3,(H,15,17). The quantitative estimate of drug-likeness (QED) is 0.799. The van der Waals surface area contributed by atoms with E-state index in [2.05, 4.69) is 24.2 Å². The summed E-state index contributed by atoms with van der Waals surface area (Å²) in [5, 5.41) is 2.97. The van der Waals surface area contributed by atoms with Crippen molar-refractivity contribution in [3.8, 4) is 5.69 Å². The summed E-state index contributed by atoms with van der Waals surface area (Å²) in [5.41, 5.74) is 4.53. The third-order valence-corrected chi connectivity index (χ3v) is 3.55. The zero-order chi connectivity index (χ0) is 11.8. The first-order valence-corrected chi connectivity index (χ1v) is 6.16. The van der Waals surface area contributed by atoms with Crippen molar-refractivity contribution in [3.05, 3.63) is 51.4 Å². The van der Waals surface area contributed by atoms with E-state index in [0.717, 1.165) is 30.5 Å². The van der Waals surface area contributed by atoms with E-state index in [1.165, 1.54) is 17.7 Å². The largest absolute Gasteiger partial charge is 0.268 e. The van der Waals surface area contributed by atoms with Crippen molar-refractivity contribution >= 4 is 0 Å². The number of fused-ring (bicyclic) bond motifs is 1. The van der Waals surface area contributed by atoms with Gasteiger partial charge in [0.1, 0.15) is 0 Å². The van der Waals surface area contributed by atoms with Gasteiger partial charge in [0.15, 0.2) is 0 Å². The van der Waals surface area contributed by atoms with Gasteiger partial charge >= 0.3 is 0 Å². The number of aromatic nitrogens is 2. The van der Waals surface area contributed by atoms with Gasteiger partial charge < -0.3 is 0 Å². The van der Waals surface area contributed by atoms with Crippen molar-refractivity contribution in [2.45, 2.75) is 32.6 Å². The molecule has 0 saturated heterocycles. The normalized spacial score (nSPS) is 14.6. The van der Waals surface area contributed by atoms with Crippen LogP contribution in [0.4, 0.5) is 0 Å². The maximum Gasteiger partial charge on any atom is 0.267 e. The third-order valence-electron chi connectivity index (χ3n) is 3.55. The molecule has 88 valence electrons. The molecule has 3 heteroatoms. The first-order chi connectivity index (χ1) is 8.27. The minimum absolute atomic E-state index is 0.0861. The van der Waals surface area contributed by atoms with E-state index in [1.54, 1.807) is 0 Å². The highest BCUT2D eigenvalue weighted by Crippen LogP contribution is 2.22. The molecule has 0 spiro atoms. The number of para-hydroxylation sites is 1. The summed E-state index contributed by atoms with van der Waals surface area (Å²) in [6.45, 7) is 2.07. The molecular weight excluding hydrogens is 212 g/mol. The molecule has 3 rings (SSSR count). The minimum Gasteiger partial charge on any atom is -0.268 e. The molecule has 1 aliphatic carbocycles. The molecule has 0 aliphatic heterocycles. The van der Waals surface area contributed by atoms with Crippen LogP contribution in [-0.2, 0) is 12.8 Å². The Morgan fingerprint density at radius 2 is 1.94 bits per heavy atom. The first-order valence-electron chi connectivity index (χ1n) is 6.16. The number of hydrogen-bond donors (Lipinski definition) is 1. The van der Waals surface area contributed by atoms with Crippen LogP contribution < -0.4 is 5.56 Å². The van der Waals surface area contributed by atoms with Crippen LogP contribution in [0.2, 0.25) is 0 Å². The lowest BCUT2D eigenvalue weighted by atomic mass is 9.98. The Bertz CT molecular complexity index is 607. The minimum atomic E-state index is 0.0861. The van der Waals surface area contributed by atoms with Gasteiger partial charge in [0, 0.05) is 11.3 Å². The zero-order valence-corrected chi connectivity index (χ0v) is 9.99. The van der Waals surface area contributed by atoms with Gasteiger partial charge in [0.05, 0.1) is 5.69 Å². The Morgan fingerprint density at radius 1 is 1.18 bits per heavy atom. The van der Waals surface area contributed by atoms with Gasteiger partial charge in [0.25, 0.3) is 5.56 Å². The topological polar surface area (TPSA) is 37.8 Å². The van der Waals surface area contributed by atoms with Gasteiger partial charge in [-0.05, 0) is 44.2 Å². The van der Waals surface area contributed by atoms with E-state index >= 15 is 0 Å². The third kappa shape index (κ3) is 1.62. The van der Waals surface area contributed by atoms with E-state index in [9.17, 15) is 4.79 Å². The van der Waals surface area contributed by atoms with Gasteiger partial charge in [-0.3, -0.25) is 14.6 Å². The van der Waals surface area contributed by atoms with Crippen LogP contribution >= 0.6 is 0 Å². The SMILES string of the molecule is Cc1ccccc1-n1[nH]c(=O)c2c1CCCC2. The number of benzene rings is 1. The molecule has 1 aromatic heterocycles. The summed E-state index contributed by atoms with van der Waals surface area (Å²) in [6.07, 6.45) is 4.23. The Hall–Kier alpha value is -1.77. The van der Waals surface area contributed by atoms with Crippen molar-refractivity contribution in [1.29, 1.82) is 0 Å². The molecule has 0 fully saturated rings. The number of aromatic amines is 1. The average Bonchev–Trinajstić information content (AvgIpc) is 2.68. The van der Waals surface area contributed by atoms with E-state index in [4.69, 9.17) is 0 Å². The highest BCUT2D eigenvalue weighted by molar-refractivity contribution is 5.42. The molecule has 0 amide bonds. The molecule has 3 nitrogen and oxygen atoms in total. The lowest BCUT2D eigenvalue weighted by molar-refractivity contribution is 0.652. The fourth-order valence-electron chi connectivity index (χ4n) is 2.64. The lowest BCUT2D eigenvalue weighted by Gasteiger charge is -2.15. The highest BCUT2D eigenvalue weighted by Gasteiger charge is 2.19. The molecule has 2 aromatic rings. The molecule has 0 bridgehead atoms. The molecule has 1 aromatic carbocycles. The second kappa shape index (κ2) is 3.91. The predicted molar refractivity (Wildman–Crippen MR) is 67.8 cm³/mol. The number of aryl methyl sites for hydroxylation is 1. The second-order valence-corrected chi connectivity index (χ2v) is 4.70. The molecule has 1 aliphatic rings. The fourth-order valence-corrected chi connectivity index (χ4v) is 2.64. The van der Waals surface area contributed by atoms with Gasteiger partial charge in [-0.1, -0.05) is 18.2 Å². The Morgan fingerprint density at radius 3 is 2.76 bits per heavy atom. The van der Waals surface area contributed by atoms with Crippen LogP contribution in [0, 0.1) is 6.92 Å². The second-order valence-electron chi connectivity index (χ2n) is 4.70. The predicted octanol–water partition coefficient (Wildman–Crippen LogP) is 2.35. The van der Waals surface area contributed by atoms with Crippen molar-refractivity contribution < 1.29 is 0 Å². The zero-order valence-electron chi connectivity index (χ0n) is 9.99. The van der Waals surface area contributed by atoms with Gasteiger partial charge in [-0.25, -0.2) is 0 Å². The smallest absolute Gasteiger partial charge is 0.267 e. The summed E-state index contributed by atoms with van der Waals surface area (Å²) in [6, 6.07) is 8.16. The molecule has 0 radical (unpaired) electrons. The van der Waals surface area contributed by atoms with Crippen molar-refractivity contribution in [2.75, 3.05) is 0 Å². The number of nitrogens with zero attached hydrogens (tertiary/aromatic N) is 1. The van der Waals surface area contributed by atoms with E-state index in [-0.39, 0.29) is 5.56 Å². The van der Waals surface area contributed by atoms with Crippen LogP contribution in [-0.4, -0.2) is 9.78 Å². The molecule has 17 heavy (non-hydrogen) atoms. The summed E-state index contributed by atoms with van der Waals surface area (Å²) >= 11 is 0. The summed E-state index contributed by atoms with van der Waals surface area (Å²) in [7, 11) is 0. The van der Waals surface area contributed by atoms with Crippen LogP contribution in [0.15, 0.2) is 29.1 Å². The monoisotopic (exact) mass is 228 g/mol. The number of nitrogens with one attached hydrogen (secondary N) is 1. The highest BCUT2D eigenvalue weighted by atomic mass is 16.1. The van der Waals surface area contributed by atoms with Gasteiger partial charge in [-0.2, -0.15) is 0 Å². The van der Waals surface area contributed by atoms with Crippen molar-refractivity contribution in [1.82, 2.24) is 9.78 Å². The van der Waals surface area contributed by atoms with Gasteiger partial charge in [-0.15, -0.1) is 0 Å². The molecule has 0 unspecified atom stereocenters. The molecule has 1 heterocycles. The van der Waals surface area contributed by atoms with Crippen LogP contribution in [0.3, 0.4) is 0 Å². The Kier molecular flexibility index (Phi) is 2.39. The van der Waals surface area contributed by atoms with E-state index < -0.39 is 0 Å². The summed E-state index contributed by atoms with van der Waals surface area (Å²) < 4.78 is 1.98. The summed E-state index contributed by atoms with van der Waals surface area (Å²) in [4.78, 5) is 11.9.